The molecule has 0 aliphatic heterocycles. The molecule has 4 N–H and O–H groups in total. The van der Waals surface area contributed by atoms with Gasteiger partial charge in [-0.2, -0.15) is 0 Å². The molecule has 2 aromatic carbocycles. The summed E-state index contributed by atoms with van der Waals surface area (Å²) in [5.74, 6) is 0.299. The first-order valence-corrected chi connectivity index (χ1v) is 13.3. The number of aliphatic hydroxyl groups is 1. The van der Waals surface area contributed by atoms with E-state index in [2.05, 4.69) is 10.0 Å². The Bertz CT molecular complexity index is 1120. The van der Waals surface area contributed by atoms with E-state index in [4.69, 9.17) is 14.2 Å². The number of phenolic OH excluding ortho intramolecular Hbond substituents is 1. The number of carbonyl (C=O) groups is 1. The number of esters is 1. The van der Waals surface area contributed by atoms with Gasteiger partial charge in [0, 0.05) is 18.7 Å². The molecular weight excluding hydrogens is 476 g/mol. The molecule has 1 aliphatic rings. The third-order valence-corrected chi connectivity index (χ3v) is 6.01. The van der Waals surface area contributed by atoms with Crippen molar-refractivity contribution in [2.24, 2.45) is 0 Å². The van der Waals surface area contributed by atoms with Crippen molar-refractivity contribution in [3.8, 4) is 17.2 Å². The average Bonchev–Trinajstić information content (AvgIpc) is 2.81. The predicted molar refractivity (Wildman–Crippen MR) is 130 cm³/mol. The molecule has 1 aliphatic carbocycles. The maximum absolute atomic E-state index is 11.5. The van der Waals surface area contributed by atoms with Gasteiger partial charge in [0.05, 0.1) is 18.6 Å². The van der Waals surface area contributed by atoms with Crippen molar-refractivity contribution >= 4 is 21.7 Å². The maximum Gasteiger partial charge on any atom is 0.344 e. The molecule has 0 radical (unpaired) electrons. The van der Waals surface area contributed by atoms with Crippen LogP contribution in [0.2, 0.25) is 0 Å². The number of aliphatic hydroxyl groups excluding tert-OH is 1. The van der Waals surface area contributed by atoms with Crippen LogP contribution in [0.15, 0.2) is 36.4 Å². The molecule has 3 rings (SSSR count). The molecule has 0 amide bonds. The number of carbonyl (C=O) groups excluding carboxylic acids is 1. The standard InChI is InChI=1S/C24H32N2O8S/c1-3-32-24(29)15-34-20-7-5-16-4-6-18(10-17(16)11-20)25-13-19(27)14-33-21-8-9-23(28)22(12-21)26-35(2,30)31/h5,7-9,11-12,18-19,25-28H,3-4,6,10,13-15H2,1-2H3/t18-,19-/m0/s1. The van der Waals surface area contributed by atoms with Crippen LogP contribution in [0, 0.1) is 0 Å². The molecule has 11 heteroatoms. The molecule has 0 fully saturated rings. The van der Waals surface area contributed by atoms with Crippen molar-refractivity contribution in [2.75, 3.05) is 37.3 Å². The Hall–Kier alpha value is -3.02. The molecule has 2 aromatic rings. The Morgan fingerprint density at radius 1 is 1.14 bits per heavy atom. The highest BCUT2D eigenvalue weighted by Crippen LogP contribution is 2.29. The van der Waals surface area contributed by atoms with Crippen LogP contribution in [0.25, 0.3) is 0 Å². The number of rotatable bonds is 12. The monoisotopic (exact) mass is 508 g/mol. The highest BCUT2D eigenvalue weighted by Gasteiger charge is 2.20. The summed E-state index contributed by atoms with van der Waals surface area (Å²) >= 11 is 0. The Labute approximate surface area is 205 Å². The molecule has 2 atom stereocenters. The number of hydrogen-bond acceptors (Lipinski definition) is 9. The number of hydrogen-bond donors (Lipinski definition) is 4. The van der Waals surface area contributed by atoms with Gasteiger partial charge in [0.15, 0.2) is 6.61 Å². The largest absolute Gasteiger partial charge is 0.506 e. The van der Waals surface area contributed by atoms with Gasteiger partial charge >= 0.3 is 5.97 Å². The Morgan fingerprint density at radius 2 is 1.89 bits per heavy atom. The van der Waals surface area contributed by atoms with E-state index in [9.17, 15) is 23.4 Å². The predicted octanol–water partition coefficient (Wildman–Crippen LogP) is 1.59. The summed E-state index contributed by atoms with van der Waals surface area (Å²) in [5.41, 5.74) is 2.38. The molecule has 0 saturated carbocycles. The van der Waals surface area contributed by atoms with Gasteiger partial charge in [-0.1, -0.05) is 6.07 Å². The van der Waals surface area contributed by atoms with Gasteiger partial charge in [-0.15, -0.1) is 0 Å². The van der Waals surface area contributed by atoms with Crippen molar-refractivity contribution in [1.82, 2.24) is 5.32 Å². The molecule has 0 spiro atoms. The lowest BCUT2D eigenvalue weighted by atomic mass is 9.88. The highest BCUT2D eigenvalue weighted by atomic mass is 32.2. The Balaban J connectivity index is 1.47. The van der Waals surface area contributed by atoms with Crippen LogP contribution >= 0.6 is 0 Å². The van der Waals surface area contributed by atoms with E-state index in [1.165, 1.54) is 23.8 Å². The number of benzene rings is 2. The van der Waals surface area contributed by atoms with E-state index in [1.54, 1.807) is 6.92 Å². The molecule has 10 nitrogen and oxygen atoms in total. The molecule has 192 valence electrons. The second-order valence-electron chi connectivity index (χ2n) is 8.39. The van der Waals surface area contributed by atoms with Crippen LogP contribution in [0.5, 0.6) is 17.2 Å². The summed E-state index contributed by atoms with van der Waals surface area (Å²) < 4.78 is 41.0. The number of anilines is 1. The lowest BCUT2D eigenvalue weighted by molar-refractivity contribution is -0.145. The summed E-state index contributed by atoms with van der Waals surface area (Å²) in [6.45, 7) is 2.23. The minimum atomic E-state index is -3.56. The number of ether oxygens (including phenoxy) is 3. The van der Waals surface area contributed by atoms with E-state index in [0.717, 1.165) is 31.1 Å². The molecule has 0 heterocycles. The summed E-state index contributed by atoms with van der Waals surface area (Å²) in [6.07, 6.45) is 2.76. The second kappa shape index (κ2) is 12.1. The summed E-state index contributed by atoms with van der Waals surface area (Å²) in [6, 6.07) is 10.1. The molecule has 35 heavy (non-hydrogen) atoms. The van der Waals surface area contributed by atoms with Gasteiger partial charge in [0.25, 0.3) is 0 Å². The number of fused-ring (bicyclic) bond motifs is 1. The Kier molecular flexibility index (Phi) is 9.19. The zero-order chi connectivity index (χ0) is 25.4. The molecule has 0 unspecified atom stereocenters. The third kappa shape index (κ3) is 8.61. The topological polar surface area (TPSA) is 143 Å². The van der Waals surface area contributed by atoms with Gasteiger partial charge in [0.2, 0.25) is 10.0 Å². The number of aryl methyl sites for hydroxylation is 1. The smallest absolute Gasteiger partial charge is 0.344 e. The van der Waals surface area contributed by atoms with Crippen LogP contribution in [0.4, 0.5) is 5.69 Å². The van der Waals surface area contributed by atoms with E-state index in [0.29, 0.717) is 24.7 Å². The maximum atomic E-state index is 11.5. The van der Waals surface area contributed by atoms with Crippen molar-refractivity contribution < 1.29 is 37.6 Å². The third-order valence-electron chi connectivity index (χ3n) is 5.42. The average molecular weight is 509 g/mol. The normalized spacial score (nSPS) is 16.1. The van der Waals surface area contributed by atoms with E-state index in [1.807, 2.05) is 18.2 Å². The van der Waals surface area contributed by atoms with Crippen LogP contribution in [0.1, 0.15) is 24.5 Å². The highest BCUT2D eigenvalue weighted by molar-refractivity contribution is 7.92. The van der Waals surface area contributed by atoms with Crippen molar-refractivity contribution in [1.29, 1.82) is 0 Å². The zero-order valence-electron chi connectivity index (χ0n) is 19.8. The van der Waals surface area contributed by atoms with Gasteiger partial charge in [-0.3, -0.25) is 4.72 Å². The first-order chi connectivity index (χ1) is 16.6. The fourth-order valence-corrected chi connectivity index (χ4v) is 4.35. The van der Waals surface area contributed by atoms with Gasteiger partial charge in [-0.25, -0.2) is 13.2 Å². The summed E-state index contributed by atoms with van der Waals surface area (Å²) in [7, 11) is -3.56. The quantitative estimate of drug-likeness (QED) is 0.248. The van der Waals surface area contributed by atoms with Crippen molar-refractivity contribution in [3.63, 3.8) is 0 Å². The van der Waals surface area contributed by atoms with Gasteiger partial charge in [-0.05, 0) is 61.6 Å². The molecule has 0 saturated heterocycles. The summed E-state index contributed by atoms with van der Waals surface area (Å²) in [4.78, 5) is 11.5. The fourth-order valence-electron chi connectivity index (χ4n) is 3.78. The van der Waals surface area contributed by atoms with Crippen LogP contribution in [-0.2, 0) is 32.4 Å². The molecular formula is C24H32N2O8S. The van der Waals surface area contributed by atoms with E-state index in [-0.39, 0.29) is 30.7 Å². The van der Waals surface area contributed by atoms with Gasteiger partial charge in [0.1, 0.15) is 30.0 Å². The number of sulfonamides is 1. The van der Waals surface area contributed by atoms with Crippen LogP contribution in [-0.4, -0.2) is 69.4 Å². The van der Waals surface area contributed by atoms with E-state index >= 15 is 0 Å². The van der Waals surface area contributed by atoms with Crippen LogP contribution in [0.3, 0.4) is 0 Å². The Morgan fingerprint density at radius 3 is 2.63 bits per heavy atom. The second-order valence-corrected chi connectivity index (χ2v) is 10.1. The zero-order valence-corrected chi connectivity index (χ0v) is 20.6. The SMILES string of the molecule is CCOC(=O)COc1ccc2c(c1)C[C@@H](NC[C@H](O)COc1ccc(O)c(NS(C)(=O)=O)c1)CC2. The summed E-state index contributed by atoms with van der Waals surface area (Å²) in [5, 5.41) is 23.5. The van der Waals surface area contributed by atoms with E-state index < -0.39 is 22.1 Å². The number of nitrogens with one attached hydrogen (secondary N) is 2. The first kappa shape index (κ1) is 26.6. The van der Waals surface area contributed by atoms with Crippen molar-refractivity contribution in [2.45, 2.75) is 38.3 Å². The lowest BCUT2D eigenvalue weighted by Crippen LogP contribution is -2.40. The lowest BCUT2D eigenvalue weighted by Gasteiger charge is -2.27. The number of aromatic hydroxyl groups is 1. The minimum Gasteiger partial charge on any atom is -0.506 e. The minimum absolute atomic E-state index is 0.00379. The number of phenols is 1. The van der Waals surface area contributed by atoms with Gasteiger partial charge < -0.3 is 29.7 Å². The van der Waals surface area contributed by atoms with Crippen LogP contribution < -0.4 is 19.5 Å². The first-order valence-electron chi connectivity index (χ1n) is 11.4. The molecule has 0 bridgehead atoms. The molecule has 0 aromatic heterocycles. The van der Waals surface area contributed by atoms with Crippen molar-refractivity contribution in [3.05, 3.63) is 47.5 Å². The fraction of sp³-hybridized carbons (Fsp3) is 0.458.